The Morgan fingerprint density at radius 1 is 1.00 bits per heavy atom. The van der Waals surface area contributed by atoms with E-state index in [4.69, 9.17) is 14.2 Å². The highest BCUT2D eigenvalue weighted by Gasteiger charge is 2.19. The molecule has 1 N–H and O–H groups in total. The first-order chi connectivity index (χ1) is 13.5. The molecule has 2 aromatic carbocycles. The molecule has 146 valence electrons. The molecule has 0 bridgehead atoms. The monoisotopic (exact) mass is 382 g/mol. The van der Waals surface area contributed by atoms with Crippen LogP contribution in [0.5, 0.6) is 11.5 Å². The predicted molar refractivity (Wildman–Crippen MR) is 106 cm³/mol. The summed E-state index contributed by atoms with van der Waals surface area (Å²) < 4.78 is 17.2. The maximum Gasteiger partial charge on any atom is 0.340 e. The average Bonchev–Trinajstić information content (AvgIpc) is 3.02. The third kappa shape index (κ3) is 3.64. The molecule has 0 radical (unpaired) electrons. The number of rotatable bonds is 6. The highest BCUT2D eigenvalue weighted by atomic mass is 16.5. The lowest BCUT2D eigenvalue weighted by molar-refractivity contribution is -0.116. The Labute approximate surface area is 162 Å². The third-order valence-corrected chi connectivity index (χ3v) is 4.52. The van der Waals surface area contributed by atoms with Crippen LogP contribution in [-0.4, -0.2) is 37.8 Å². The first kappa shape index (κ1) is 19.3. The van der Waals surface area contributed by atoms with Crippen LogP contribution < -0.4 is 14.8 Å². The Morgan fingerprint density at radius 2 is 1.68 bits per heavy atom. The predicted octanol–water partition coefficient (Wildman–Crippen LogP) is 3.39. The van der Waals surface area contributed by atoms with Gasteiger partial charge in [-0.1, -0.05) is 18.2 Å². The molecule has 0 spiro atoms. The van der Waals surface area contributed by atoms with Crippen molar-refractivity contribution in [3.05, 3.63) is 53.7 Å². The third-order valence-electron chi connectivity index (χ3n) is 4.52. The van der Waals surface area contributed by atoms with Crippen LogP contribution in [0.3, 0.4) is 0 Å². The molecule has 0 aliphatic carbocycles. The van der Waals surface area contributed by atoms with E-state index in [0.29, 0.717) is 17.2 Å². The van der Waals surface area contributed by atoms with Gasteiger partial charge in [0.1, 0.15) is 6.54 Å². The lowest BCUT2D eigenvalue weighted by Gasteiger charge is -2.15. The molecule has 1 amide bonds. The number of hydrogen-bond acceptors (Lipinski definition) is 5. The van der Waals surface area contributed by atoms with Gasteiger partial charge in [-0.25, -0.2) is 4.79 Å². The summed E-state index contributed by atoms with van der Waals surface area (Å²) in [6.45, 7) is 2.05. The van der Waals surface area contributed by atoms with E-state index in [1.807, 2.05) is 41.8 Å². The molecule has 7 heteroatoms. The summed E-state index contributed by atoms with van der Waals surface area (Å²) in [5, 5.41) is 3.85. The van der Waals surface area contributed by atoms with Gasteiger partial charge in [0.25, 0.3) is 0 Å². The second-order valence-electron chi connectivity index (χ2n) is 6.22. The topological polar surface area (TPSA) is 78.8 Å². The summed E-state index contributed by atoms with van der Waals surface area (Å²) >= 11 is 0. The number of nitrogens with one attached hydrogen (secondary N) is 1. The smallest absolute Gasteiger partial charge is 0.340 e. The van der Waals surface area contributed by atoms with Gasteiger partial charge in [-0.2, -0.15) is 0 Å². The Morgan fingerprint density at radius 3 is 2.36 bits per heavy atom. The largest absolute Gasteiger partial charge is 0.493 e. The molecule has 1 aromatic heterocycles. The fourth-order valence-electron chi connectivity index (χ4n) is 3.15. The Kier molecular flexibility index (Phi) is 5.54. The molecule has 0 saturated heterocycles. The number of fused-ring (bicyclic) bond motifs is 1. The Bertz CT molecular complexity index is 1040. The fourth-order valence-corrected chi connectivity index (χ4v) is 3.15. The molecular formula is C21H22N2O5. The molecule has 3 rings (SSSR count). The molecule has 3 aromatic rings. The number of methoxy groups -OCH3 is 3. The number of esters is 1. The van der Waals surface area contributed by atoms with E-state index in [1.54, 1.807) is 6.07 Å². The number of ether oxygens (including phenoxy) is 3. The first-order valence-corrected chi connectivity index (χ1v) is 8.67. The van der Waals surface area contributed by atoms with E-state index in [1.165, 1.54) is 27.4 Å². The number of para-hydroxylation sites is 1. The minimum absolute atomic E-state index is 0.105. The van der Waals surface area contributed by atoms with Gasteiger partial charge in [-0.05, 0) is 24.4 Å². The summed E-state index contributed by atoms with van der Waals surface area (Å²) in [7, 11) is 4.23. The molecule has 0 aliphatic rings. The van der Waals surface area contributed by atoms with Crippen LogP contribution in [0.25, 0.3) is 10.9 Å². The van der Waals surface area contributed by atoms with Crippen molar-refractivity contribution in [3.8, 4) is 11.5 Å². The number of hydrogen-bond donors (Lipinski definition) is 1. The van der Waals surface area contributed by atoms with Gasteiger partial charge in [-0.3, -0.25) is 4.79 Å². The fraction of sp³-hybridized carbons (Fsp3) is 0.238. The molecule has 1 heterocycles. The van der Waals surface area contributed by atoms with Crippen LogP contribution in [0.15, 0.2) is 42.5 Å². The van der Waals surface area contributed by atoms with E-state index >= 15 is 0 Å². The normalized spacial score (nSPS) is 10.6. The first-order valence-electron chi connectivity index (χ1n) is 8.67. The molecule has 0 saturated carbocycles. The van der Waals surface area contributed by atoms with Gasteiger partial charge < -0.3 is 24.1 Å². The van der Waals surface area contributed by atoms with Gasteiger partial charge in [0.15, 0.2) is 11.5 Å². The summed E-state index contributed by atoms with van der Waals surface area (Å²) in [5.41, 5.74) is 2.42. The Balaban J connectivity index is 1.92. The number of aryl methyl sites for hydroxylation is 1. The van der Waals surface area contributed by atoms with Crippen molar-refractivity contribution < 1.29 is 23.8 Å². The summed E-state index contributed by atoms with van der Waals surface area (Å²) in [6, 6.07) is 12.9. The van der Waals surface area contributed by atoms with Gasteiger partial charge in [0.05, 0.1) is 32.6 Å². The van der Waals surface area contributed by atoms with Gasteiger partial charge in [0, 0.05) is 23.3 Å². The molecular weight excluding hydrogens is 360 g/mol. The standard InChI is InChI=1S/C21H22N2O5/c1-13-9-14-7-5-6-8-17(14)23(13)12-20(24)22-16-11-19(27-3)18(26-2)10-15(16)21(25)28-4/h5-11H,12H2,1-4H3,(H,22,24). The SMILES string of the molecule is COC(=O)c1cc(OC)c(OC)cc1NC(=O)Cn1c(C)cc2ccccc21. The van der Waals surface area contributed by atoms with E-state index in [2.05, 4.69) is 5.32 Å². The number of aromatic nitrogens is 1. The summed E-state index contributed by atoms with van der Waals surface area (Å²) in [6.07, 6.45) is 0. The van der Waals surface area contributed by atoms with Crippen LogP contribution in [0, 0.1) is 6.92 Å². The zero-order valence-electron chi connectivity index (χ0n) is 16.2. The number of anilines is 1. The average molecular weight is 382 g/mol. The molecule has 28 heavy (non-hydrogen) atoms. The number of benzene rings is 2. The van der Waals surface area contributed by atoms with Crippen LogP contribution in [0.2, 0.25) is 0 Å². The van der Waals surface area contributed by atoms with Crippen molar-refractivity contribution in [2.75, 3.05) is 26.6 Å². The molecule has 0 aliphatic heterocycles. The van der Waals surface area contributed by atoms with Gasteiger partial charge >= 0.3 is 5.97 Å². The maximum atomic E-state index is 12.7. The van der Waals surface area contributed by atoms with Crippen molar-refractivity contribution in [3.63, 3.8) is 0 Å². The summed E-state index contributed by atoms with van der Waals surface area (Å²) in [5.74, 6) is -0.0955. The highest BCUT2D eigenvalue weighted by molar-refractivity contribution is 6.02. The molecule has 0 unspecified atom stereocenters. The quantitative estimate of drug-likeness (QED) is 0.661. The zero-order chi connectivity index (χ0) is 20.3. The zero-order valence-corrected chi connectivity index (χ0v) is 16.2. The maximum absolute atomic E-state index is 12.7. The van der Waals surface area contributed by atoms with Crippen LogP contribution in [0.1, 0.15) is 16.1 Å². The minimum Gasteiger partial charge on any atom is -0.493 e. The molecule has 7 nitrogen and oxygen atoms in total. The van der Waals surface area contributed by atoms with E-state index < -0.39 is 5.97 Å². The van der Waals surface area contributed by atoms with Crippen LogP contribution in [-0.2, 0) is 16.1 Å². The van der Waals surface area contributed by atoms with Crippen molar-refractivity contribution >= 4 is 28.5 Å². The lowest BCUT2D eigenvalue weighted by atomic mass is 10.1. The van der Waals surface area contributed by atoms with Crippen LogP contribution >= 0.6 is 0 Å². The minimum atomic E-state index is -0.584. The molecule has 0 atom stereocenters. The van der Waals surface area contributed by atoms with Gasteiger partial charge in [0.2, 0.25) is 5.91 Å². The Hall–Kier alpha value is -3.48. The van der Waals surface area contributed by atoms with E-state index in [9.17, 15) is 9.59 Å². The highest BCUT2D eigenvalue weighted by Crippen LogP contribution is 2.34. The van der Waals surface area contributed by atoms with E-state index in [0.717, 1.165) is 16.6 Å². The van der Waals surface area contributed by atoms with Gasteiger partial charge in [-0.15, -0.1) is 0 Å². The second kappa shape index (κ2) is 8.04. The molecule has 0 fully saturated rings. The number of nitrogens with zero attached hydrogens (tertiary/aromatic N) is 1. The number of amides is 1. The van der Waals surface area contributed by atoms with Crippen molar-refractivity contribution in [2.24, 2.45) is 0 Å². The van der Waals surface area contributed by atoms with Crippen molar-refractivity contribution in [1.29, 1.82) is 0 Å². The number of carbonyl (C=O) groups is 2. The van der Waals surface area contributed by atoms with Crippen LogP contribution in [0.4, 0.5) is 5.69 Å². The second-order valence-corrected chi connectivity index (χ2v) is 6.22. The number of carbonyl (C=O) groups excluding carboxylic acids is 2. The van der Waals surface area contributed by atoms with Crippen molar-refractivity contribution in [1.82, 2.24) is 4.57 Å². The van der Waals surface area contributed by atoms with E-state index in [-0.39, 0.29) is 18.0 Å². The lowest BCUT2D eigenvalue weighted by Crippen LogP contribution is -2.21. The summed E-state index contributed by atoms with van der Waals surface area (Å²) in [4.78, 5) is 24.9. The van der Waals surface area contributed by atoms with Crippen molar-refractivity contribution in [2.45, 2.75) is 13.5 Å².